The first kappa shape index (κ1) is 19.6. The van der Waals surface area contributed by atoms with Crippen LogP contribution in [0.3, 0.4) is 0 Å². The lowest BCUT2D eigenvalue weighted by Crippen LogP contribution is -2.50. The molecule has 1 aromatic carbocycles. The van der Waals surface area contributed by atoms with Crippen LogP contribution in [0.4, 0.5) is 0 Å². The number of rotatable bonds is 3. The van der Waals surface area contributed by atoms with Gasteiger partial charge in [-0.25, -0.2) is 8.42 Å². The molecule has 8 heteroatoms. The van der Waals surface area contributed by atoms with Crippen LogP contribution in [0.25, 0.3) is 0 Å². The number of carbonyl (C=O) groups is 1. The van der Waals surface area contributed by atoms with Crippen molar-refractivity contribution in [1.29, 1.82) is 0 Å². The Morgan fingerprint density at radius 1 is 0.926 bits per heavy atom. The maximum atomic E-state index is 13.3. The largest absolute Gasteiger partial charge is 0.364 e. The van der Waals surface area contributed by atoms with Gasteiger partial charge in [-0.3, -0.25) is 4.79 Å². The average Bonchev–Trinajstić information content (AvgIpc) is 3.19. The fourth-order valence-electron chi connectivity index (χ4n) is 3.60. The molecule has 7 nitrogen and oxygen atoms in total. The third-order valence-corrected chi connectivity index (χ3v) is 7.89. The highest BCUT2D eigenvalue weighted by Crippen LogP contribution is 2.32. The minimum Gasteiger partial charge on any atom is -0.364 e. The van der Waals surface area contributed by atoms with Crippen molar-refractivity contribution in [3.63, 3.8) is 0 Å². The number of carbonyl (C=O) groups excluding carboxylic acids is 1. The smallest absolute Gasteiger partial charge is 0.276 e. The van der Waals surface area contributed by atoms with Crippen LogP contribution < -0.4 is 0 Å². The van der Waals surface area contributed by atoms with E-state index in [0.717, 1.165) is 27.8 Å². The predicted octanol–water partition coefficient (Wildman–Crippen LogP) is 2.36. The van der Waals surface area contributed by atoms with Gasteiger partial charge in [-0.1, -0.05) is 5.16 Å². The first-order valence-electron chi connectivity index (χ1n) is 8.93. The van der Waals surface area contributed by atoms with Crippen molar-refractivity contribution >= 4 is 15.9 Å². The van der Waals surface area contributed by atoms with Crippen molar-refractivity contribution in [3.05, 3.63) is 45.8 Å². The summed E-state index contributed by atoms with van der Waals surface area (Å²) in [6.07, 6.45) is 1.35. The topological polar surface area (TPSA) is 83.7 Å². The van der Waals surface area contributed by atoms with Crippen molar-refractivity contribution in [2.75, 3.05) is 26.2 Å². The Kier molecular flexibility index (Phi) is 5.14. The second-order valence-corrected chi connectivity index (χ2v) is 8.91. The average molecular weight is 391 g/mol. The number of sulfonamides is 1. The molecule has 0 N–H and O–H groups in total. The highest BCUT2D eigenvalue weighted by molar-refractivity contribution is 7.89. The molecule has 27 heavy (non-hydrogen) atoms. The standard InChI is InChI=1S/C19H25N3O4S/c1-12-13(2)15(4)18(16(5)14(12)3)27(24,25)22-9-7-21(8-10-22)19(23)17-6-11-26-20-17/h6,11H,7-10H2,1-5H3. The Morgan fingerprint density at radius 3 is 1.93 bits per heavy atom. The van der Waals surface area contributed by atoms with Gasteiger partial charge in [0.05, 0.1) is 4.90 Å². The molecule has 0 spiro atoms. The Hall–Kier alpha value is -2.19. The summed E-state index contributed by atoms with van der Waals surface area (Å²) in [5.41, 5.74) is 5.00. The SMILES string of the molecule is Cc1c(C)c(C)c(S(=O)(=O)N2CCN(C(=O)c3ccon3)CC2)c(C)c1C. The van der Waals surface area contributed by atoms with E-state index < -0.39 is 10.0 Å². The molecule has 1 aliphatic rings. The zero-order chi connectivity index (χ0) is 19.9. The van der Waals surface area contributed by atoms with Gasteiger partial charge in [0.1, 0.15) is 6.26 Å². The van der Waals surface area contributed by atoms with Crippen LogP contribution in [-0.2, 0) is 10.0 Å². The summed E-state index contributed by atoms with van der Waals surface area (Å²) in [7, 11) is -3.63. The number of nitrogens with zero attached hydrogens (tertiary/aromatic N) is 3. The van der Waals surface area contributed by atoms with E-state index in [1.807, 2.05) is 34.6 Å². The summed E-state index contributed by atoms with van der Waals surface area (Å²) in [5.74, 6) is -0.241. The number of benzene rings is 1. The van der Waals surface area contributed by atoms with Gasteiger partial charge in [-0.05, 0) is 62.4 Å². The quantitative estimate of drug-likeness (QED) is 0.802. The lowest BCUT2D eigenvalue weighted by molar-refractivity contribution is 0.0687. The summed E-state index contributed by atoms with van der Waals surface area (Å²) in [4.78, 5) is 14.4. The molecule has 2 aromatic rings. The number of piperazine rings is 1. The summed E-state index contributed by atoms with van der Waals surface area (Å²) in [6, 6.07) is 1.51. The molecule has 0 atom stereocenters. The van der Waals surface area contributed by atoms with Crippen LogP contribution >= 0.6 is 0 Å². The maximum absolute atomic E-state index is 13.3. The highest BCUT2D eigenvalue weighted by Gasteiger charge is 2.33. The fourth-order valence-corrected chi connectivity index (χ4v) is 5.58. The van der Waals surface area contributed by atoms with Gasteiger partial charge in [-0.15, -0.1) is 0 Å². The Balaban J connectivity index is 1.85. The third-order valence-electron chi connectivity index (χ3n) is 5.71. The lowest BCUT2D eigenvalue weighted by atomic mass is 9.95. The molecule has 146 valence electrons. The van der Waals surface area contributed by atoms with Crippen molar-refractivity contribution in [3.8, 4) is 0 Å². The number of hydrogen-bond donors (Lipinski definition) is 0. The molecule has 1 amide bonds. The van der Waals surface area contributed by atoms with Gasteiger partial charge >= 0.3 is 0 Å². The maximum Gasteiger partial charge on any atom is 0.276 e. The molecule has 2 heterocycles. The molecule has 0 radical (unpaired) electrons. The minimum atomic E-state index is -3.63. The predicted molar refractivity (Wildman–Crippen MR) is 101 cm³/mol. The van der Waals surface area contributed by atoms with Crippen molar-refractivity contribution in [2.45, 2.75) is 39.5 Å². The Labute approximate surface area is 160 Å². The van der Waals surface area contributed by atoms with Crippen LogP contribution in [-0.4, -0.2) is 54.9 Å². The zero-order valence-electron chi connectivity index (χ0n) is 16.4. The lowest BCUT2D eigenvalue weighted by Gasteiger charge is -2.34. The first-order valence-corrected chi connectivity index (χ1v) is 10.4. The van der Waals surface area contributed by atoms with Gasteiger partial charge in [0.2, 0.25) is 10.0 Å². The van der Waals surface area contributed by atoms with Crippen LogP contribution in [0.2, 0.25) is 0 Å². The zero-order valence-corrected chi connectivity index (χ0v) is 17.2. The van der Waals surface area contributed by atoms with E-state index in [1.165, 1.54) is 16.6 Å². The van der Waals surface area contributed by atoms with Crippen molar-refractivity contribution < 1.29 is 17.7 Å². The van der Waals surface area contributed by atoms with Crippen LogP contribution in [0, 0.1) is 34.6 Å². The molecule has 0 saturated carbocycles. The van der Waals surface area contributed by atoms with Crippen molar-refractivity contribution in [1.82, 2.24) is 14.4 Å². The van der Waals surface area contributed by atoms with Crippen LogP contribution in [0.5, 0.6) is 0 Å². The second-order valence-electron chi connectivity index (χ2n) is 7.04. The molecule has 1 aromatic heterocycles. The molecule has 0 bridgehead atoms. The number of hydrogen-bond acceptors (Lipinski definition) is 5. The van der Waals surface area contributed by atoms with Crippen LogP contribution in [0.15, 0.2) is 21.7 Å². The van der Waals surface area contributed by atoms with E-state index in [1.54, 1.807) is 4.90 Å². The van der Waals surface area contributed by atoms with Gasteiger partial charge in [0.15, 0.2) is 5.69 Å². The van der Waals surface area contributed by atoms with E-state index >= 15 is 0 Å². The van der Waals surface area contributed by atoms with Crippen LogP contribution in [0.1, 0.15) is 38.3 Å². The summed E-state index contributed by atoms with van der Waals surface area (Å²) in [5, 5.41) is 3.66. The second kappa shape index (κ2) is 7.09. The number of amides is 1. The molecule has 3 rings (SSSR count). The summed E-state index contributed by atoms with van der Waals surface area (Å²) >= 11 is 0. The molecular formula is C19H25N3O4S. The van der Waals surface area contributed by atoms with E-state index in [2.05, 4.69) is 5.16 Å². The highest BCUT2D eigenvalue weighted by atomic mass is 32.2. The molecule has 0 unspecified atom stereocenters. The van der Waals surface area contributed by atoms with Gasteiger partial charge in [0.25, 0.3) is 5.91 Å². The van der Waals surface area contributed by atoms with E-state index in [9.17, 15) is 13.2 Å². The van der Waals surface area contributed by atoms with Gasteiger partial charge in [0, 0.05) is 32.2 Å². The summed E-state index contributed by atoms with van der Waals surface area (Å²) in [6.45, 7) is 10.9. The summed E-state index contributed by atoms with van der Waals surface area (Å²) < 4.78 is 32.9. The number of aromatic nitrogens is 1. The Bertz CT molecular complexity index is 944. The van der Waals surface area contributed by atoms with E-state index in [-0.39, 0.29) is 24.7 Å². The Morgan fingerprint density at radius 2 is 1.44 bits per heavy atom. The molecule has 1 fully saturated rings. The minimum absolute atomic E-state index is 0.239. The van der Waals surface area contributed by atoms with E-state index in [0.29, 0.717) is 18.0 Å². The molecule has 0 aliphatic carbocycles. The van der Waals surface area contributed by atoms with Crippen molar-refractivity contribution in [2.24, 2.45) is 0 Å². The fraction of sp³-hybridized carbons (Fsp3) is 0.474. The molecule has 1 aliphatic heterocycles. The molecule has 1 saturated heterocycles. The third kappa shape index (κ3) is 3.27. The van der Waals surface area contributed by atoms with E-state index in [4.69, 9.17) is 4.52 Å². The molecular weight excluding hydrogens is 366 g/mol. The van der Waals surface area contributed by atoms with Gasteiger partial charge in [-0.2, -0.15) is 4.31 Å². The monoisotopic (exact) mass is 391 g/mol. The first-order chi connectivity index (χ1) is 12.7. The normalized spacial score (nSPS) is 16.0. The van der Waals surface area contributed by atoms with Gasteiger partial charge < -0.3 is 9.42 Å².